The fraction of sp³-hybridized carbons (Fsp3) is 0.316. The van der Waals surface area contributed by atoms with Gasteiger partial charge in [-0.25, -0.2) is 0 Å². The summed E-state index contributed by atoms with van der Waals surface area (Å²) in [5.74, 6) is 0.581. The van der Waals surface area contributed by atoms with Gasteiger partial charge in [0, 0.05) is 15.7 Å². The molecule has 0 radical (unpaired) electrons. The maximum atomic E-state index is 6.00. The van der Waals surface area contributed by atoms with Gasteiger partial charge in [-0.15, -0.1) is 0 Å². The van der Waals surface area contributed by atoms with Crippen LogP contribution >= 0.6 is 35.4 Å². The molecule has 2 unspecified atom stereocenters. The molecule has 0 aliphatic heterocycles. The van der Waals surface area contributed by atoms with Crippen molar-refractivity contribution in [1.82, 2.24) is 5.32 Å². The van der Waals surface area contributed by atoms with E-state index in [9.17, 15) is 0 Å². The molecule has 0 saturated carbocycles. The second-order valence-electron chi connectivity index (χ2n) is 5.95. The van der Waals surface area contributed by atoms with Crippen molar-refractivity contribution < 1.29 is 0 Å². The van der Waals surface area contributed by atoms with E-state index in [1.807, 2.05) is 0 Å². The summed E-state index contributed by atoms with van der Waals surface area (Å²) in [5, 5.41) is 8.07. The predicted molar refractivity (Wildman–Crippen MR) is 109 cm³/mol. The lowest BCUT2D eigenvalue weighted by Crippen LogP contribution is -2.30. The molecule has 0 spiro atoms. The normalized spacial score (nSPS) is 13.2. The quantitative estimate of drug-likeness (QED) is 0.574. The zero-order chi connectivity index (χ0) is 17.7. The number of benzene rings is 2. The third-order valence-corrected chi connectivity index (χ3v) is 4.74. The zero-order valence-electron chi connectivity index (χ0n) is 14.1. The number of hydrogen-bond acceptors (Lipinski definition) is 1. The van der Waals surface area contributed by atoms with Crippen molar-refractivity contribution in [2.75, 3.05) is 5.32 Å². The molecule has 0 amide bonds. The molecule has 24 heavy (non-hydrogen) atoms. The van der Waals surface area contributed by atoms with Crippen molar-refractivity contribution in [3.8, 4) is 0 Å². The fourth-order valence-electron chi connectivity index (χ4n) is 2.42. The minimum absolute atomic E-state index is 0.102. The number of halogens is 2. The molecule has 0 aliphatic carbocycles. The molecule has 2 nitrogen and oxygen atoms in total. The molecule has 0 saturated heterocycles. The fourth-order valence-corrected chi connectivity index (χ4v) is 3.24. The van der Waals surface area contributed by atoms with Gasteiger partial charge in [-0.2, -0.15) is 0 Å². The van der Waals surface area contributed by atoms with E-state index in [-0.39, 0.29) is 6.04 Å². The van der Waals surface area contributed by atoms with Crippen molar-refractivity contribution in [3.63, 3.8) is 0 Å². The number of thiocarbonyl (C=S) groups is 1. The van der Waals surface area contributed by atoms with Crippen LogP contribution in [0.3, 0.4) is 0 Å². The Morgan fingerprint density at radius 1 is 1.00 bits per heavy atom. The molecule has 2 rings (SSSR count). The molecule has 2 aromatic carbocycles. The average Bonchev–Trinajstić information content (AvgIpc) is 2.53. The average molecular weight is 381 g/mol. The first kappa shape index (κ1) is 19.0. The Morgan fingerprint density at radius 3 is 2.08 bits per heavy atom. The van der Waals surface area contributed by atoms with E-state index < -0.39 is 0 Å². The topological polar surface area (TPSA) is 24.1 Å². The lowest BCUT2D eigenvalue weighted by Gasteiger charge is -2.18. The maximum absolute atomic E-state index is 6.00. The van der Waals surface area contributed by atoms with Crippen LogP contribution in [0.1, 0.15) is 50.3 Å². The second kappa shape index (κ2) is 8.70. The first-order valence-corrected chi connectivity index (χ1v) is 9.19. The number of anilines is 1. The molecule has 2 N–H and O–H groups in total. The molecule has 2 aromatic rings. The van der Waals surface area contributed by atoms with Gasteiger partial charge in [0.05, 0.1) is 6.04 Å². The van der Waals surface area contributed by atoms with Gasteiger partial charge in [0.25, 0.3) is 0 Å². The molecule has 0 heterocycles. The van der Waals surface area contributed by atoms with Crippen LogP contribution in [-0.2, 0) is 0 Å². The minimum atomic E-state index is 0.102. The van der Waals surface area contributed by atoms with Crippen molar-refractivity contribution in [2.45, 2.75) is 39.2 Å². The molecule has 0 fully saturated rings. The Kier molecular flexibility index (Phi) is 6.90. The van der Waals surface area contributed by atoms with Crippen LogP contribution in [0.2, 0.25) is 10.0 Å². The summed E-state index contributed by atoms with van der Waals surface area (Å²) in [6.07, 6.45) is 1.14. The third kappa shape index (κ3) is 5.37. The van der Waals surface area contributed by atoms with Gasteiger partial charge in [0.1, 0.15) is 0 Å². The summed E-state index contributed by atoms with van der Waals surface area (Å²) in [5.41, 5.74) is 3.32. The molecule has 0 aliphatic rings. The zero-order valence-corrected chi connectivity index (χ0v) is 16.4. The Morgan fingerprint density at radius 2 is 1.54 bits per heavy atom. The van der Waals surface area contributed by atoms with E-state index in [0.717, 1.165) is 12.1 Å². The highest BCUT2D eigenvalue weighted by molar-refractivity contribution is 7.80. The Hall–Kier alpha value is -1.29. The smallest absolute Gasteiger partial charge is 0.171 e. The summed E-state index contributed by atoms with van der Waals surface area (Å²) in [6.45, 7) is 6.53. The lowest BCUT2D eigenvalue weighted by molar-refractivity contribution is 0.713. The van der Waals surface area contributed by atoms with Crippen molar-refractivity contribution in [1.29, 1.82) is 0 Å². The molecule has 0 aromatic heterocycles. The maximum Gasteiger partial charge on any atom is 0.171 e. The van der Waals surface area contributed by atoms with Crippen LogP contribution in [0.25, 0.3) is 0 Å². The summed E-state index contributed by atoms with van der Waals surface area (Å²) >= 11 is 17.4. The molecular formula is C19H22Cl2N2S. The first-order chi connectivity index (χ1) is 11.4. The molecule has 5 heteroatoms. The Labute approximate surface area is 159 Å². The van der Waals surface area contributed by atoms with E-state index in [0.29, 0.717) is 21.1 Å². The standard InChI is InChI=1S/C19H22Cl2N2S/c1-4-12(2)14-5-7-15(8-6-14)13(3)22-19(24)23-18-10-16(20)9-17(21)11-18/h5-13H,4H2,1-3H3,(H2,22,23,24). The molecule has 128 valence electrons. The highest BCUT2D eigenvalue weighted by atomic mass is 35.5. The van der Waals surface area contributed by atoms with Crippen molar-refractivity contribution >= 4 is 46.2 Å². The van der Waals surface area contributed by atoms with Gasteiger partial charge < -0.3 is 10.6 Å². The van der Waals surface area contributed by atoms with E-state index in [1.54, 1.807) is 18.2 Å². The largest absolute Gasteiger partial charge is 0.356 e. The van der Waals surface area contributed by atoms with Crippen LogP contribution in [0.15, 0.2) is 42.5 Å². The SMILES string of the molecule is CCC(C)c1ccc(C(C)NC(=S)Nc2cc(Cl)cc(Cl)c2)cc1. The third-order valence-electron chi connectivity index (χ3n) is 4.09. The summed E-state index contributed by atoms with van der Waals surface area (Å²) in [4.78, 5) is 0. The predicted octanol–water partition coefficient (Wildman–Crippen LogP) is 6.55. The summed E-state index contributed by atoms with van der Waals surface area (Å²) < 4.78 is 0. The summed E-state index contributed by atoms with van der Waals surface area (Å²) in [7, 11) is 0. The van der Waals surface area contributed by atoms with Crippen molar-refractivity contribution in [2.24, 2.45) is 0 Å². The molecule has 2 atom stereocenters. The van der Waals surface area contributed by atoms with Crippen LogP contribution in [0.4, 0.5) is 5.69 Å². The van der Waals surface area contributed by atoms with E-state index >= 15 is 0 Å². The van der Waals surface area contributed by atoms with Gasteiger partial charge in [0.2, 0.25) is 0 Å². The van der Waals surface area contributed by atoms with Gasteiger partial charge in [-0.3, -0.25) is 0 Å². The number of hydrogen-bond donors (Lipinski definition) is 2. The monoisotopic (exact) mass is 380 g/mol. The molecule has 0 bridgehead atoms. The van der Waals surface area contributed by atoms with Crippen LogP contribution in [0, 0.1) is 0 Å². The van der Waals surface area contributed by atoms with Crippen LogP contribution in [0.5, 0.6) is 0 Å². The highest BCUT2D eigenvalue weighted by Gasteiger charge is 2.09. The van der Waals surface area contributed by atoms with Crippen LogP contribution in [-0.4, -0.2) is 5.11 Å². The molecular weight excluding hydrogens is 359 g/mol. The van der Waals surface area contributed by atoms with E-state index in [4.69, 9.17) is 35.4 Å². The van der Waals surface area contributed by atoms with Gasteiger partial charge >= 0.3 is 0 Å². The van der Waals surface area contributed by atoms with Gasteiger partial charge in [-0.05, 0) is 60.8 Å². The van der Waals surface area contributed by atoms with E-state index in [1.165, 1.54) is 11.1 Å². The Balaban J connectivity index is 1.98. The Bertz CT molecular complexity index is 681. The summed E-state index contributed by atoms with van der Waals surface area (Å²) in [6, 6.07) is 14.0. The van der Waals surface area contributed by atoms with Crippen LogP contribution < -0.4 is 10.6 Å². The number of rotatable bonds is 5. The van der Waals surface area contributed by atoms with Gasteiger partial charge in [0.15, 0.2) is 5.11 Å². The minimum Gasteiger partial charge on any atom is -0.356 e. The second-order valence-corrected chi connectivity index (χ2v) is 7.24. The highest BCUT2D eigenvalue weighted by Crippen LogP contribution is 2.23. The number of nitrogens with one attached hydrogen (secondary N) is 2. The first-order valence-electron chi connectivity index (χ1n) is 8.02. The van der Waals surface area contributed by atoms with Gasteiger partial charge in [-0.1, -0.05) is 61.3 Å². The lowest BCUT2D eigenvalue weighted by atomic mass is 9.96. The van der Waals surface area contributed by atoms with Crippen molar-refractivity contribution in [3.05, 3.63) is 63.6 Å². The van der Waals surface area contributed by atoms with E-state index in [2.05, 4.69) is 55.7 Å².